The van der Waals surface area contributed by atoms with E-state index < -0.39 is 0 Å². The Hall–Kier alpha value is -6.99. The average molecular weight is 763 g/mol. The number of para-hydroxylation sites is 2. The third-order valence-electron chi connectivity index (χ3n) is 11.1. The van der Waals surface area contributed by atoms with Gasteiger partial charge in [0.25, 0.3) is 0 Å². The zero-order valence-electron chi connectivity index (χ0n) is 30.4. The van der Waals surface area contributed by atoms with Gasteiger partial charge < -0.3 is 4.57 Å². The molecule has 12 aromatic rings. The fraction of sp³-hybridized carbons (Fsp3) is 0. The minimum absolute atomic E-state index is 0.664. The van der Waals surface area contributed by atoms with Gasteiger partial charge in [-0.2, -0.15) is 0 Å². The Labute approximate surface area is 335 Å². The molecule has 0 aliphatic rings. The van der Waals surface area contributed by atoms with Crippen molar-refractivity contribution in [3.05, 3.63) is 182 Å². The van der Waals surface area contributed by atoms with Gasteiger partial charge in [0.15, 0.2) is 17.5 Å². The molecule has 0 amide bonds. The highest BCUT2D eigenvalue weighted by molar-refractivity contribution is 7.26. The summed E-state index contributed by atoms with van der Waals surface area (Å²) in [6, 6.07) is 64.8. The molecule has 8 aromatic carbocycles. The molecule has 4 heterocycles. The van der Waals surface area contributed by atoms with Gasteiger partial charge in [-0.25, -0.2) is 15.0 Å². The Bertz CT molecular complexity index is 3410. The minimum Gasteiger partial charge on any atom is -0.308 e. The van der Waals surface area contributed by atoms with Crippen LogP contribution in [0, 0.1) is 0 Å². The van der Waals surface area contributed by atoms with Crippen molar-refractivity contribution < 1.29 is 0 Å². The number of hydrogen-bond acceptors (Lipinski definition) is 5. The highest BCUT2D eigenvalue weighted by Gasteiger charge is 2.20. The molecule has 0 N–H and O–H groups in total. The fourth-order valence-electron chi connectivity index (χ4n) is 8.50. The SMILES string of the molecule is c1ccc(-c2nc(-c3ccccc3)nc(-c3cccc4c3sc3cc(-c5cccc6sc7c(-n8c9ccccc9c9ccccc98)cccc7c56)ccc34)n2)cc1. The maximum Gasteiger partial charge on any atom is 0.165 e. The molecule has 12 rings (SSSR count). The average Bonchev–Trinajstić information content (AvgIpc) is 3.96. The smallest absolute Gasteiger partial charge is 0.165 e. The normalized spacial score (nSPS) is 11.9. The van der Waals surface area contributed by atoms with Crippen molar-refractivity contribution in [3.8, 4) is 51.0 Å². The Morgan fingerprint density at radius 3 is 1.63 bits per heavy atom. The molecule has 0 unspecified atom stereocenters. The first-order valence-corrected chi connectivity index (χ1v) is 20.7. The molecule has 0 spiro atoms. The maximum absolute atomic E-state index is 5.08. The highest BCUT2D eigenvalue weighted by atomic mass is 32.1. The zero-order chi connectivity index (χ0) is 37.5. The van der Waals surface area contributed by atoms with Gasteiger partial charge in [-0.15, -0.1) is 22.7 Å². The summed E-state index contributed by atoms with van der Waals surface area (Å²) in [5.41, 5.74) is 9.06. The molecular formula is C51H30N4S2. The predicted molar refractivity (Wildman–Crippen MR) is 242 cm³/mol. The lowest BCUT2D eigenvalue weighted by atomic mass is 9.98. The van der Waals surface area contributed by atoms with Gasteiger partial charge in [0.05, 0.1) is 21.4 Å². The van der Waals surface area contributed by atoms with Gasteiger partial charge in [-0.3, -0.25) is 0 Å². The molecule has 4 aromatic heterocycles. The largest absolute Gasteiger partial charge is 0.308 e. The zero-order valence-corrected chi connectivity index (χ0v) is 32.1. The van der Waals surface area contributed by atoms with Gasteiger partial charge in [-0.05, 0) is 47.5 Å². The number of fused-ring (bicyclic) bond motifs is 9. The van der Waals surface area contributed by atoms with E-state index in [1.807, 2.05) is 59.1 Å². The van der Waals surface area contributed by atoms with Crippen LogP contribution in [0.2, 0.25) is 0 Å². The van der Waals surface area contributed by atoms with Crippen molar-refractivity contribution in [2.24, 2.45) is 0 Å². The van der Waals surface area contributed by atoms with Crippen molar-refractivity contribution in [3.63, 3.8) is 0 Å². The molecule has 57 heavy (non-hydrogen) atoms. The summed E-state index contributed by atoms with van der Waals surface area (Å²) in [7, 11) is 0. The minimum atomic E-state index is 0.664. The first kappa shape index (κ1) is 32.3. The van der Waals surface area contributed by atoms with Gasteiger partial charge in [0, 0.05) is 63.1 Å². The van der Waals surface area contributed by atoms with Crippen molar-refractivity contribution in [2.75, 3.05) is 0 Å². The summed E-state index contributed by atoms with van der Waals surface area (Å²) in [5, 5.41) is 7.57. The third kappa shape index (κ3) is 5.08. The number of benzene rings is 8. The topological polar surface area (TPSA) is 43.6 Å². The molecule has 0 aliphatic carbocycles. The summed E-state index contributed by atoms with van der Waals surface area (Å²) in [5.74, 6) is 2.00. The van der Waals surface area contributed by atoms with E-state index in [0.717, 1.165) is 16.7 Å². The Balaban J connectivity index is 1.02. The summed E-state index contributed by atoms with van der Waals surface area (Å²) < 4.78 is 7.43. The van der Waals surface area contributed by atoms with Crippen LogP contribution < -0.4 is 0 Å². The van der Waals surface area contributed by atoms with E-state index in [4.69, 9.17) is 15.0 Å². The quantitative estimate of drug-likeness (QED) is 0.175. The van der Waals surface area contributed by atoms with Crippen LogP contribution >= 0.6 is 22.7 Å². The van der Waals surface area contributed by atoms with E-state index in [1.54, 1.807) is 0 Å². The lowest BCUT2D eigenvalue weighted by Gasteiger charge is -2.10. The van der Waals surface area contributed by atoms with Crippen molar-refractivity contribution >= 4 is 84.8 Å². The molecule has 0 atom stereocenters. The highest BCUT2D eigenvalue weighted by Crippen LogP contribution is 2.46. The molecule has 0 saturated heterocycles. The van der Waals surface area contributed by atoms with Crippen LogP contribution in [0.1, 0.15) is 0 Å². The second-order valence-electron chi connectivity index (χ2n) is 14.3. The van der Waals surface area contributed by atoms with Crippen LogP contribution in [0.5, 0.6) is 0 Å². The number of thiophene rings is 2. The molecule has 0 radical (unpaired) electrons. The Morgan fingerprint density at radius 1 is 0.351 bits per heavy atom. The van der Waals surface area contributed by atoms with Crippen LogP contribution in [0.4, 0.5) is 0 Å². The van der Waals surface area contributed by atoms with Crippen LogP contribution in [0.25, 0.3) is 113 Å². The first-order valence-electron chi connectivity index (χ1n) is 19.0. The van der Waals surface area contributed by atoms with E-state index in [9.17, 15) is 0 Å². The fourth-order valence-corrected chi connectivity index (χ4v) is 11.0. The molecule has 0 bridgehead atoms. The standard InChI is InChI=1S/C51H30N4S2/c1-3-14-31(15-4-1)49-52-50(32-16-5-2-6-17-32)54-51(53-49)40-23-11-21-38-37-29-28-33(30-45(37)57-47(38)40)34-20-13-27-44-46(34)39-22-12-26-43(48(39)56-44)55-41-24-9-7-18-35(41)36-19-8-10-25-42(36)55/h1-30H. The van der Waals surface area contributed by atoms with Gasteiger partial charge in [-0.1, -0.05) is 146 Å². The monoisotopic (exact) mass is 762 g/mol. The molecule has 0 fully saturated rings. The van der Waals surface area contributed by atoms with Gasteiger partial charge in [0.2, 0.25) is 0 Å². The molecule has 6 heteroatoms. The Kier molecular flexibility index (Phi) is 7.24. The van der Waals surface area contributed by atoms with Gasteiger partial charge in [0.1, 0.15) is 0 Å². The van der Waals surface area contributed by atoms with Crippen molar-refractivity contribution in [1.82, 2.24) is 19.5 Å². The van der Waals surface area contributed by atoms with E-state index in [1.165, 1.54) is 79.0 Å². The van der Waals surface area contributed by atoms with Gasteiger partial charge >= 0.3 is 0 Å². The molecule has 0 saturated carbocycles. The first-order chi connectivity index (χ1) is 28.3. The summed E-state index contributed by atoms with van der Waals surface area (Å²) in [4.78, 5) is 15.1. The number of aromatic nitrogens is 4. The second-order valence-corrected chi connectivity index (χ2v) is 16.4. The van der Waals surface area contributed by atoms with Crippen LogP contribution in [0.3, 0.4) is 0 Å². The molecule has 4 nitrogen and oxygen atoms in total. The number of nitrogens with zero attached hydrogens (tertiary/aromatic N) is 4. The number of hydrogen-bond donors (Lipinski definition) is 0. The molecular weight excluding hydrogens is 733 g/mol. The Morgan fingerprint density at radius 2 is 0.912 bits per heavy atom. The van der Waals surface area contributed by atoms with E-state index >= 15 is 0 Å². The van der Waals surface area contributed by atoms with E-state index in [-0.39, 0.29) is 0 Å². The molecule has 0 aliphatic heterocycles. The third-order valence-corrected chi connectivity index (χ3v) is 13.5. The molecule has 266 valence electrons. The second kappa shape index (κ2) is 12.8. The lowest BCUT2D eigenvalue weighted by molar-refractivity contribution is 1.08. The van der Waals surface area contributed by atoms with E-state index in [2.05, 4.69) is 150 Å². The van der Waals surface area contributed by atoms with Crippen molar-refractivity contribution in [2.45, 2.75) is 0 Å². The predicted octanol–water partition coefficient (Wildman–Crippen LogP) is 14.4. The van der Waals surface area contributed by atoms with Crippen molar-refractivity contribution in [1.29, 1.82) is 0 Å². The van der Waals surface area contributed by atoms with Crippen LogP contribution in [-0.2, 0) is 0 Å². The van der Waals surface area contributed by atoms with Crippen LogP contribution in [-0.4, -0.2) is 19.5 Å². The lowest BCUT2D eigenvalue weighted by Crippen LogP contribution is -2.00. The van der Waals surface area contributed by atoms with E-state index in [0.29, 0.717) is 17.5 Å². The summed E-state index contributed by atoms with van der Waals surface area (Å²) in [6.45, 7) is 0. The maximum atomic E-state index is 5.08. The van der Waals surface area contributed by atoms with Crippen LogP contribution in [0.15, 0.2) is 182 Å². The summed E-state index contributed by atoms with van der Waals surface area (Å²) in [6.07, 6.45) is 0. The number of rotatable bonds is 5. The summed E-state index contributed by atoms with van der Waals surface area (Å²) >= 11 is 3.69.